The Morgan fingerprint density at radius 2 is 2.15 bits per heavy atom. The zero-order valence-electron chi connectivity index (χ0n) is 7.74. The molecule has 0 saturated heterocycles. The minimum absolute atomic E-state index is 0.422. The van der Waals surface area contributed by atoms with E-state index < -0.39 is 6.10 Å². The Morgan fingerprint density at radius 1 is 1.46 bits per heavy atom. The van der Waals surface area contributed by atoms with E-state index in [1.807, 2.05) is 37.4 Å². The molecule has 1 aromatic carbocycles. The number of para-hydroxylation sites is 2. The topological polar surface area (TPSA) is 45.0 Å². The first-order valence-electron chi connectivity index (χ1n) is 4.11. The zero-order chi connectivity index (χ0) is 9.68. The number of nitrogens with one attached hydrogen (secondary N) is 1. The third kappa shape index (κ3) is 2.38. The first-order valence-corrected chi connectivity index (χ1v) is 4.11. The van der Waals surface area contributed by atoms with Gasteiger partial charge in [-0.05, 0) is 19.1 Å². The minimum atomic E-state index is -0.422. The fourth-order valence-electron chi connectivity index (χ4n) is 0.993. The van der Waals surface area contributed by atoms with Crippen molar-refractivity contribution < 1.29 is 4.74 Å². The Balaban J connectivity index is 2.82. The van der Waals surface area contributed by atoms with Crippen LogP contribution in [-0.2, 0) is 0 Å². The number of hydrogen-bond donors (Lipinski definition) is 1. The molecule has 0 amide bonds. The summed E-state index contributed by atoms with van der Waals surface area (Å²) in [6, 6.07) is 9.54. The van der Waals surface area contributed by atoms with Crippen LogP contribution >= 0.6 is 0 Å². The molecular weight excluding hydrogens is 164 g/mol. The number of benzene rings is 1. The van der Waals surface area contributed by atoms with Gasteiger partial charge in [0, 0.05) is 7.05 Å². The molecule has 0 aliphatic carbocycles. The summed E-state index contributed by atoms with van der Waals surface area (Å²) < 4.78 is 5.36. The minimum Gasteiger partial charge on any atom is -0.474 e. The summed E-state index contributed by atoms with van der Waals surface area (Å²) in [6.45, 7) is 1.71. The molecule has 0 radical (unpaired) electrons. The molecule has 1 aromatic rings. The third-order valence-corrected chi connectivity index (χ3v) is 1.64. The van der Waals surface area contributed by atoms with Crippen molar-refractivity contribution >= 4 is 5.69 Å². The Morgan fingerprint density at radius 3 is 2.77 bits per heavy atom. The summed E-state index contributed by atoms with van der Waals surface area (Å²) in [5.41, 5.74) is 0.893. The second kappa shape index (κ2) is 4.36. The monoisotopic (exact) mass is 176 g/mol. The van der Waals surface area contributed by atoms with Gasteiger partial charge in [-0.25, -0.2) is 0 Å². The molecule has 0 aromatic heterocycles. The second-order valence-electron chi connectivity index (χ2n) is 2.64. The van der Waals surface area contributed by atoms with Crippen LogP contribution in [0.1, 0.15) is 6.92 Å². The van der Waals surface area contributed by atoms with Crippen molar-refractivity contribution in [2.24, 2.45) is 0 Å². The molecule has 0 bridgehead atoms. The maximum absolute atomic E-state index is 8.56. The summed E-state index contributed by atoms with van der Waals surface area (Å²) in [5, 5.41) is 11.6. The lowest BCUT2D eigenvalue weighted by molar-refractivity contribution is 0.278. The summed E-state index contributed by atoms with van der Waals surface area (Å²) in [7, 11) is 1.82. The molecular formula is C10H12N2O. The molecule has 3 heteroatoms. The Hall–Kier alpha value is -1.69. The number of ether oxygens (including phenoxy) is 1. The molecule has 1 atom stereocenters. The number of hydrogen-bond acceptors (Lipinski definition) is 3. The van der Waals surface area contributed by atoms with Gasteiger partial charge < -0.3 is 10.1 Å². The van der Waals surface area contributed by atoms with Gasteiger partial charge in [-0.2, -0.15) is 5.26 Å². The van der Waals surface area contributed by atoms with Crippen LogP contribution in [0.4, 0.5) is 5.69 Å². The first kappa shape index (κ1) is 9.40. The lowest BCUT2D eigenvalue weighted by Crippen LogP contribution is -2.09. The smallest absolute Gasteiger partial charge is 0.181 e. The SMILES string of the molecule is CNc1ccccc1OC(C)C#N. The summed E-state index contributed by atoms with van der Waals surface area (Å²) in [6.07, 6.45) is -0.422. The van der Waals surface area contributed by atoms with Crippen LogP contribution in [0.25, 0.3) is 0 Å². The van der Waals surface area contributed by atoms with E-state index >= 15 is 0 Å². The van der Waals surface area contributed by atoms with Crippen molar-refractivity contribution in [3.8, 4) is 11.8 Å². The summed E-state index contributed by atoms with van der Waals surface area (Å²) in [4.78, 5) is 0. The van der Waals surface area contributed by atoms with E-state index in [2.05, 4.69) is 5.32 Å². The maximum atomic E-state index is 8.56. The zero-order valence-corrected chi connectivity index (χ0v) is 7.74. The normalized spacial score (nSPS) is 11.5. The van der Waals surface area contributed by atoms with Gasteiger partial charge in [0.05, 0.1) is 5.69 Å². The molecule has 3 nitrogen and oxygen atoms in total. The van der Waals surface area contributed by atoms with Crippen molar-refractivity contribution in [1.82, 2.24) is 0 Å². The number of anilines is 1. The summed E-state index contributed by atoms with van der Waals surface area (Å²) >= 11 is 0. The van der Waals surface area contributed by atoms with Crippen LogP contribution in [0.3, 0.4) is 0 Å². The summed E-state index contributed by atoms with van der Waals surface area (Å²) in [5.74, 6) is 0.707. The highest BCUT2D eigenvalue weighted by atomic mass is 16.5. The lowest BCUT2D eigenvalue weighted by Gasteiger charge is -2.11. The fourth-order valence-corrected chi connectivity index (χ4v) is 0.993. The quantitative estimate of drug-likeness (QED) is 0.766. The highest BCUT2D eigenvalue weighted by Gasteiger charge is 2.04. The van der Waals surface area contributed by atoms with Crippen LogP contribution in [0, 0.1) is 11.3 Å². The van der Waals surface area contributed by atoms with Gasteiger partial charge in [0.2, 0.25) is 0 Å². The molecule has 1 rings (SSSR count). The van der Waals surface area contributed by atoms with E-state index in [-0.39, 0.29) is 0 Å². The van der Waals surface area contributed by atoms with Gasteiger partial charge in [-0.3, -0.25) is 0 Å². The molecule has 0 aliphatic rings. The van der Waals surface area contributed by atoms with Crippen molar-refractivity contribution in [2.75, 3.05) is 12.4 Å². The Kier molecular flexibility index (Phi) is 3.15. The van der Waals surface area contributed by atoms with E-state index in [4.69, 9.17) is 10.00 Å². The maximum Gasteiger partial charge on any atom is 0.181 e. The van der Waals surface area contributed by atoms with Crippen LogP contribution in [0.15, 0.2) is 24.3 Å². The van der Waals surface area contributed by atoms with E-state index in [0.29, 0.717) is 5.75 Å². The molecule has 1 N–H and O–H groups in total. The van der Waals surface area contributed by atoms with Gasteiger partial charge in [0.1, 0.15) is 11.8 Å². The first-order chi connectivity index (χ1) is 6.27. The van der Waals surface area contributed by atoms with Crippen LogP contribution in [-0.4, -0.2) is 13.2 Å². The van der Waals surface area contributed by atoms with Gasteiger partial charge in [0.15, 0.2) is 6.10 Å². The van der Waals surface area contributed by atoms with E-state index in [1.165, 1.54) is 0 Å². The van der Waals surface area contributed by atoms with E-state index in [1.54, 1.807) is 6.92 Å². The fraction of sp³-hybridized carbons (Fsp3) is 0.300. The average molecular weight is 176 g/mol. The average Bonchev–Trinajstić information content (AvgIpc) is 2.18. The van der Waals surface area contributed by atoms with Crippen molar-refractivity contribution in [3.05, 3.63) is 24.3 Å². The Labute approximate surface area is 77.9 Å². The standard InChI is InChI=1S/C10H12N2O/c1-8(7-11)13-10-6-4-3-5-9(10)12-2/h3-6,8,12H,1-2H3. The molecule has 0 saturated carbocycles. The van der Waals surface area contributed by atoms with Crippen molar-refractivity contribution in [2.45, 2.75) is 13.0 Å². The van der Waals surface area contributed by atoms with Gasteiger partial charge in [-0.1, -0.05) is 12.1 Å². The lowest BCUT2D eigenvalue weighted by atomic mass is 10.3. The number of nitrogens with zero attached hydrogens (tertiary/aromatic N) is 1. The second-order valence-corrected chi connectivity index (χ2v) is 2.64. The van der Waals surface area contributed by atoms with Gasteiger partial charge in [0.25, 0.3) is 0 Å². The molecule has 1 unspecified atom stereocenters. The van der Waals surface area contributed by atoms with E-state index in [0.717, 1.165) is 5.69 Å². The number of rotatable bonds is 3. The van der Waals surface area contributed by atoms with Crippen LogP contribution in [0.2, 0.25) is 0 Å². The van der Waals surface area contributed by atoms with Crippen molar-refractivity contribution in [1.29, 1.82) is 5.26 Å². The van der Waals surface area contributed by atoms with Crippen LogP contribution < -0.4 is 10.1 Å². The van der Waals surface area contributed by atoms with Gasteiger partial charge in [-0.15, -0.1) is 0 Å². The molecule has 68 valence electrons. The molecule has 13 heavy (non-hydrogen) atoms. The van der Waals surface area contributed by atoms with E-state index in [9.17, 15) is 0 Å². The predicted molar refractivity (Wildman–Crippen MR) is 51.7 cm³/mol. The predicted octanol–water partition coefficient (Wildman–Crippen LogP) is 2.02. The molecule has 0 fully saturated rings. The highest BCUT2D eigenvalue weighted by Crippen LogP contribution is 2.23. The molecule has 0 spiro atoms. The highest BCUT2D eigenvalue weighted by molar-refractivity contribution is 5.55. The molecule has 0 aliphatic heterocycles. The number of nitriles is 1. The largest absolute Gasteiger partial charge is 0.474 e. The Bertz CT molecular complexity index is 317. The third-order valence-electron chi connectivity index (χ3n) is 1.64. The molecule has 0 heterocycles. The van der Waals surface area contributed by atoms with Crippen LogP contribution in [0.5, 0.6) is 5.75 Å². The van der Waals surface area contributed by atoms with Gasteiger partial charge >= 0.3 is 0 Å². The van der Waals surface area contributed by atoms with Crippen molar-refractivity contribution in [3.63, 3.8) is 0 Å².